The fourth-order valence-electron chi connectivity index (χ4n) is 2.77. The molecule has 1 aliphatic rings. The normalized spacial score (nSPS) is 15.5. The zero-order valence-corrected chi connectivity index (χ0v) is 18.0. The highest BCUT2D eigenvalue weighted by Crippen LogP contribution is 2.31. The van der Waals surface area contributed by atoms with Crippen molar-refractivity contribution in [3.8, 4) is 0 Å². The third-order valence-corrected chi connectivity index (χ3v) is 5.96. The van der Waals surface area contributed by atoms with Gasteiger partial charge in [0.05, 0.1) is 4.91 Å². The molecule has 0 aliphatic carbocycles. The van der Waals surface area contributed by atoms with Crippen LogP contribution in [0, 0.1) is 13.8 Å². The van der Waals surface area contributed by atoms with E-state index < -0.39 is 0 Å². The zero-order valence-electron chi connectivity index (χ0n) is 16.3. The predicted molar refractivity (Wildman–Crippen MR) is 125 cm³/mol. The molecule has 1 N–H and O–H groups in total. The SMILES string of the molecule is Cc1ccc(NC(=O)CCN2C(=O)/C(=C/C=C/c3ccccc3)SC2=S)cc1C. The Morgan fingerprint density at radius 3 is 2.62 bits per heavy atom. The molecule has 4 nitrogen and oxygen atoms in total. The summed E-state index contributed by atoms with van der Waals surface area (Å²) in [6.45, 7) is 4.30. The van der Waals surface area contributed by atoms with Crippen LogP contribution in [0.5, 0.6) is 0 Å². The third kappa shape index (κ3) is 5.65. The molecule has 0 saturated carbocycles. The molecule has 3 rings (SSSR count). The molecule has 0 bridgehead atoms. The lowest BCUT2D eigenvalue weighted by Crippen LogP contribution is -2.31. The van der Waals surface area contributed by atoms with Gasteiger partial charge in [0.15, 0.2) is 0 Å². The number of anilines is 1. The largest absolute Gasteiger partial charge is 0.326 e. The first kappa shape index (κ1) is 21.0. The number of rotatable bonds is 6. The van der Waals surface area contributed by atoms with Crippen LogP contribution in [0.25, 0.3) is 6.08 Å². The van der Waals surface area contributed by atoms with Crippen LogP contribution in [0.3, 0.4) is 0 Å². The van der Waals surface area contributed by atoms with Crippen molar-refractivity contribution in [3.63, 3.8) is 0 Å². The van der Waals surface area contributed by atoms with Crippen molar-refractivity contribution >= 4 is 51.9 Å². The standard InChI is InChI=1S/C23H22N2O2S2/c1-16-11-12-19(15-17(16)2)24-21(26)13-14-25-22(27)20(29-23(25)28)10-6-9-18-7-4-3-5-8-18/h3-12,15H,13-14H2,1-2H3,(H,24,26)/b9-6+,20-10-. The summed E-state index contributed by atoms with van der Waals surface area (Å²) in [4.78, 5) is 26.9. The minimum absolute atomic E-state index is 0.143. The summed E-state index contributed by atoms with van der Waals surface area (Å²) in [6.07, 6.45) is 5.73. The number of benzene rings is 2. The molecular formula is C23H22N2O2S2. The molecule has 1 heterocycles. The van der Waals surface area contributed by atoms with Gasteiger partial charge < -0.3 is 5.32 Å². The van der Waals surface area contributed by atoms with Crippen molar-refractivity contribution in [2.75, 3.05) is 11.9 Å². The summed E-state index contributed by atoms with van der Waals surface area (Å²) in [7, 11) is 0. The summed E-state index contributed by atoms with van der Waals surface area (Å²) in [6, 6.07) is 15.6. The van der Waals surface area contributed by atoms with E-state index in [4.69, 9.17) is 12.2 Å². The number of carbonyl (C=O) groups is 2. The maximum absolute atomic E-state index is 12.6. The highest BCUT2D eigenvalue weighted by molar-refractivity contribution is 8.26. The van der Waals surface area contributed by atoms with Crippen LogP contribution in [0.4, 0.5) is 5.69 Å². The highest BCUT2D eigenvalue weighted by atomic mass is 32.2. The van der Waals surface area contributed by atoms with E-state index in [1.807, 2.05) is 74.5 Å². The summed E-state index contributed by atoms with van der Waals surface area (Å²) >= 11 is 6.59. The van der Waals surface area contributed by atoms with Gasteiger partial charge in [0.1, 0.15) is 4.32 Å². The molecule has 0 unspecified atom stereocenters. The van der Waals surface area contributed by atoms with Crippen molar-refractivity contribution in [1.82, 2.24) is 4.90 Å². The maximum Gasteiger partial charge on any atom is 0.266 e. The first-order valence-electron chi connectivity index (χ1n) is 9.28. The summed E-state index contributed by atoms with van der Waals surface area (Å²) < 4.78 is 0.480. The number of carbonyl (C=O) groups excluding carboxylic acids is 2. The Kier molecular flexibility index (Phi) is 7.01. The van der Waals surface area contributed by atoms with Crippen molar-refractivity contribution in [2.45, 2.75) is 20.3 Å². The molecule has 0 spiro atoms. The van der Waals surface area contributed by atoms with E-state index in [1.165, 1.54) is 22.2 Å². The topological polar surface area (TPSA) is 49.4 Å². The fourth-order valence-corrected chi connectivity index (χ4v) is 4.03. The third-order valence-electron chi connectivity index (χ3n) is 4.56. The zero-order chi connectivity index (χ0) is 20.8. The van der Waals surface area contributed by atoms with Crippen LogP contribution in [0.15, 0.2) is 65.6 Å². The molecular weight excluding hydrogens is 400 g/mol. The van der Waals surface area contributed by atoms with E-state index in [2.05, 4.69) is 5.32 Å². The quantitative estimate of drug-likeness (QED) is 0.520. The monoisotopic (exact) mass is 422 g/mol. The molecule has 0 atom stereocenters. The minimum Gasteiger partial charge on any atom is -0.326 e. The molecule has 1 aliphatic heterocycles. The number of hydrogen-bond acceptors (Lipinski definition) is 4. The second-order valence-electron chi connectivity index (χ2n) is 6.72. The average molecular weight is 423 g/mol. The van der Waals surface area contributed by atoms with Crippen LogP contribution in [0.1, 0.15) is 23.1 Å². The van der Waals surface area contributed by atoms with E-state index in [-0.39, 0.29) is 24.8 Å². The maximum atomic E-state index is 12.6. The van der Waals surface area contributed by atoms with Crippen LogP contribution < -0.4 is 5.32 Å². The fraction of sp³-hybridized carbons (Fsp3) is 0.174. The van der Waals surface area contributed by atoms with Gasteiger partial charge in [0.25, 0.3) is 5.91 Å². The van der Waals surface area contributed by atoms with Crippen LogP contribution in [0.2, 0.25) is 0 Å². The van der Waals surface area contributed by atoms with Gasteiger partial charge >= 0.3 is 0 Å². The van der Waals surface area contributed by atoms with Crippen molar-refractivity contribution in [2.24, 2.45) is 0 Å². The highest BCUT2D eigenvalue weighted by Gasteiger charge is 2.31. The Morgan fingerprint density at radius 1 is 1.14 bits per heavy atom. The van der Waals surface area contributed by atoms with Crippen LogP contribution >= 0.6 is 24.0 Å². The van der Waals surface area contributed by atoms with Gasteiger partial charge in [-0.15, -0.1) is 0 Å². The molecule has 2 aromatic carbocycles. The van der Waals surface area contributed by atoms with Crippen molar-refractivity contribution in [1.29, 1.82) is 0 Å². The first-order valence-corrected chi connectivity index (χ1v) is 10.5. The molecule has 1 saturated heterocycles. The lowest BCUT2D eigenvalue weighted by molar-refractivity contribution is -0.122. The molecule has 0 radical (unpaired) electrons. The predicted octanol–water partition coefficient (Wildman–Crippen LogP) is 5.09. The van der Waals surface area contributed by atoms with Gasteiger partial charge in [-0.25, -0.2) is 0 Å². The Balaban J connectivity index is 1.55. The molecule has 2 amide bonds. The van der Waals surface area contributed by atoms with Gasteiger partial charge in [0.2, 0.25) is 5.91 Å². The molecule has 148 valence electrons. The molecule has 6 heteroatoms. The van der Waals surface area contributed by atoms with Gasteiger partial charge in [-0.2, -0.15) is 0 Å². The lowest BCUT2D eigenvalue weighted by Gasteiger charge is -2.14. The van der Waals surface area contributed by atoms with Crippen molar-refractivity contribution < 1.29 is 9.59 Å². The molecule has 2 aromatic rings. The molecule has 29 heavy (non-hydrogen) atoms. The van der Waals surface area contributed by atoms with Crippen LogP contribution in [-0.2, 0) is 9.59 Å². The summed E-state index contributed by atoms with van der Waals surface area (Å²) in [5, 5.41) is 2.87. The lowest BCUT2D eigenvalue weighted by atomic mass is 10.1. The van der Waals surface area contributed by atoms with E-state index in [0.29, 0.717) is 9.23 Å². The number of allylic oxidation sites excluding steroid dienone is 2. The Bertz CT molecular complexity index is 997. The van der Waals surface area contributed by atoms with E-state index in [0.717, 1.165) is 16.8 Å². The Hall–Kier alpha value is -2.70. The van der Waals surface area contributed by atoms with Gasteiger partial charge in [-0.3, -0.25) is 14.5 Å². The van der Waals surface area contributed by atoms with E-state index in [9.17, 15) is 9.59 Å². The molecule has 0 aromatic heterocycles. The minimum atomic E-state index is -0.156. The van der Waals surface area contributed by atoms with E-state index in [1.54, 1.807) is 6.08 Å². The smallest absolute Gasteiger partial charge is 0.266 e. The number of nitrogens with zero attached hydrogens (tertiary/aromatic N) is 1. The number of nitrogens with one attached hydrogen (secondary N) is 1. The summed E-state index contributed by atoms with van der Waals surface area (Å²) in [5.41, 5.74) is 4.11. The van der Waals surface area contributed by atoms with Gasteiger partial charge in [-0.05, 0) is 48.7 Å². The second-order valence-corrected chi connectivity index (χ2v) is 8.40. The van der Waals surface area contributed by atoms with Crippen molar-refractivity contribution in [3.05, 3.63) is 82.3 Å². The number of thiocarbonyl (C=S) groups is 1. The first-order chi connectivity index (χ1) is 13.9. The Morgan fingerprint density at radius 2 is 1.90 bits per heavy atom. The van der Waals surface area contributed by atoms with Gasteiger partial charge in [0, 0.05) is 18.7 Å². The number of amides is 2. The van der Waals surface area contributed by atoms with E-state index >= 15 is 0 Å². The second kappa shape index (κ2) is 9.67. The average Bonchev–Trinajstić information content (AvgIpc) is 2.97. The number of thioether (sulfide) groups is 1. The Labute approximate surface area is 180 Å². The molecule has 1 fully saturated rings. The number of hydrogen-bond donors (Lipinski definition) is 1. The van der Waals surface area contributed by atoms with Gasteiger partial charge in [-0.1, -0.05) is 72.5 Å². The summed E-state index contributed by atoms with van der Waals surface area (Å²) in [5.74, 6) is -0.299. The number of aryl methyl sites for hydroxylation is 2. The van der Waals surface area contributed by atoms with Crippen LogP contribution in [-0.4, -0.2) is 27.6 Å².